The number of nitrogens with zero attached hydrogens (tertiary/aromatic N) is 7. The largest absolute Gasteiger partial charge is 0.543 e. The SMILES string of the molecule is CO/N=C(\C(=O)N[C@@H]1C(=O)N2C(C(=O)[O-])=C(Cn3c(C)nc4nccc[n+]43)CS[C@H]12)c1csc(N)n1. The fourth-order valence-electron chi connectivity index (χ4n) is 4.05. The lowest BCUT2D eigenvalue weighted by Crippen LogP contribution is -2.71. The van der Waals surface area contributed by atoms with Gasteiger partial charge in [-0.1, -0.05) is 15.1 Å². The Morgan fingerprint density at radius 1 is 1.42 bits per heavy atom. The minimum absolute atomic E-state index is 0.151. The second-order valence-electron chi connectivity index (χ2n) is 7.77. The van der Waals surface area contributed by atoms with Crippen LogP contribution in [0.4, 0.5) is 5.13 Å². The monoisotopic (exact) mass is 529 g/mol. The van der Waals surface area contributed by atoms with Crippen LogP contribution in [0.3, 0.4) is 0 Å². The second-order valence-corrected chi connectivity index (χ2v) is 9.77. The standard InChI is InChI=1S/C20H19N9O5S2/c1-9-23-20-22-4-3-5-27(20)28(9)6-10-7-35-17-13(16(31)29(17)14(10)18(32)33)25-15(30)12(26-34-2)11-8-36-19(21)24-11/h3-5,8,13,17H,6-7H2,1-2H3,(H3-,21,24,25,30,32,33)/b26-12-/t13-,17-/m1/s1. The molecule has 16 heteroatoms. The van der Waals surface area contributed by atoms with Gasteiger partial charge in [0.15, 0.2) is 10.8 Å². The lowest BCUT2D eigenvalue weighted by atomic mass is 10.0. The number of nitrogen functional groups attached to an aromatic ring is 1. The fourth-order valence-corrected chi connectivity index (χ4v) is 5.93. The third-order valence-electron chi connectivity index (χ3n) is 5.63. The van der Waals surface area contributed by atoms with Gasteiger partial charge in [-0.05, 0) is 5.57 Å². The zero-order chi connectivity index (χ0) is 25.6. The summed E-state index contributed by atoms with van der Waals surface area (Å²) in [6.45, 7) is 1.95. The van der Waals surface area contributed by atoms with Gasteiger partial charge in [-0.25, -0.2) is 4.98 Å². The maximum absolute atomic E-state index is 13.0. The van der Waals surface area contributed by atoms with E-state index in [1.807, 2.05) is 0 Å². The number of carboxylic acids is 1. The van der Waals surface area contributed by atoms with Crippen LogP contribution >= 0.6 is 23.1 Å². The Bertz CT molecular complexity index is 1460. The Morgan fingerprint density at radius 3 is 2.92 bits per heavy atom. The number of carbonyl (C=O) groups excluding carboxylic acids is 3. The molecular weight excluding hydrogens is 510 g/mol. The lowest BCUT2D eigenvalue weighted by molar-refractivity contribution is -0.612. The number of nitrogens with two attached hydrogens (primary N) is 1. The number of carbonyl (C=O) groups is 3. The number of thioether (sulfide) groups is 1. The van der Waals surface area contributed by atoms with E-state index in [-0.39, 0.29) is 28.8 Å². The number of hydrogen-bond donors (Lipinski definition) is 2. The number of aromatic nitrogens is 5. The Hall–Kier alpha value is -4.05. The van der Waals surface area contributed by atoms with Crippen LogP contribution in [0.5, 0.6) is 0 Å². The van der Waals surface area contributed by atoms with Gasteiger partial charge >= 0.3 is 5.78 Å². The van der Waals surface area contributed by atoms with Crippen molar-refractivity contribution >= 4 is 57.5 Å². The smallest absolute Gasteiger partial charge is 0.457 e. The molecule has 2 aliphatic rings. The van der Waals surface area contributed by atoms with Crippen LogP contribution in [-0.4, -0.2) is 72.3 Å². The van der Waals surface area contributed by atoms with Crippen LogP contribution in [0.25, 0.3) is 5.78 Å². The number of oxime groups is 1. The highest BCUT2D eigenvalue weighted by Crippen LogP contribution is 2.40. The predicted octanol–water partition coefficient (Wildman–Crippen LogP) is -2.18. The van der Waals surface area contributed by atoms with Gasteiger partial charge in [-0.2, -0.15) is 4.68 Å². The van der Waals surface area contributed by atoms with E-state index in [2.05, 4.69) is 25.4 Å². The van der Waals surface area contributed by atoms with Crippen molar-refractivity contribution in [3.8, 4) is 0 Å². The van der Waals surface area contributed by atoms with Gasteiger partial charge in [0.1, 0.15) is 30.4 Å². The van der Waals surface area contributed by atoms with E-state index in [0.717, 1.165) is 16.2 Å². The Balaban J connectivity index is 1.39. The van der Waals surface area contributed by atoms with E-state index in [1.54, 1.807) is 34.6 Å². The highest BCUT2D eigenvalue weighted by Gasteiger charge is 2.53. The van der Waals surface area contributed by atoms with Crippen LogP contribution in [-0.2, 0) is 25.8 Å². The Labute approximate surface area is 211 Å². The van der Waals surface area contributed by atoms with Crippen molar-refractivity contribution in [2.24, 2.45) is 5.16 Å². The van der Waals surface area contributed by atoms with Gasteiger partial charge in [0, 0.05) is 24.1 Å². The zero-order valence-electron chi connectivity index (χ0n) is 18.9. The molecule has 3 aromatic heterocycles. The molecule has 5 rings (SSSR count). The molecule has 14 nitrogen and oxygen atoms in total. The third kappa shape index (κ3) is 3.93. The average Bonchev–Trinajstić information content (AvgIpc) is 3.42. The highest BCUT2D eigenvalue weighted by atomic mass is 32.2. The predicted molar refractivity (Wildman–Crippen MR) is 125 cm³/mol. The summed E-state index contributed by atoms with van der Waals surface area (Å²) in [6, 6.07) is 0.767. The number of thiazole rings is 1. The average molecular weight is 530 g/mol. The van der Waals surface area contributed by atoms with Gasteiger partial charge in [-0.15, -0.1) is 27.6 Å². The first-order valence-electron chi connectivity index (χ1n) is 10.5. The minimum atomic E-state index is -1.47. The number of aliphatic carboxylic acids is 1. The molecule has 36 heavy (non-hydrogen) atoms. The van der Waals surface area contributed by atoms with Crippen molar-refractivity contribution in [1.82, 2.24) is 29.9 Å². The molecular formula is C20H19N9O5S2. The molecule has 2 amide bonds. The third-order valence-corrected chi connectivity index (χ3v) is 7.65. The molecule has 3 aromatic rings. The first kappa shape index (κ1) is 23.7. The first-order valence-corrected chi connectivity index (χ1v) is 12.4. The van der Waals surface area contributed by atoms with Crippen LogP contribution in [0.1, 0.15) is 11.5 Å². The summed E-state index contributed by atoms with van der Waals surface area (Å²) in [5.74, 6) is -1.36. The summed E-state index contributed by atoms with van der Waals surface area (Å²) in [5, 5.41) is 19.6. The summed E-state index contributed by atoms with van der Waals surface area (Å²) >= 11 is 2.45. The van der Waals surface area contributed by atoms with Crippen molar-refractivity contribution in [2.75, 3.05) is 18.6 Å². The molecule has 5 heterocycles. The zero-order valence-corrected chi connectivity index (χ0v) is 20.6. The van der Waals surface area contributed by atoms with Crippen molar-refractivity contribution < 1.29 is 28.8 Å². The second kappa shape index (κ2) is 9.19. The molecule has 1 saturated heterocycles. The summed E-state index contributed by atoms with van der Waals surface area (Å²) in [4.78, 5) is 56.5. The number of amides is 2. The van der Waals surface area contributed by atoms with E-state index in [4.69, 9.17) is 10.6 Å². The van der Waals surface area contributed by atoms with Crippen molar-refractivity contribution in [3.05, 3.63) is 46.6 Å². The molecule has 0 unspecified atom stereocenters. The normalized spacial score (nSPS) is 19.8. The van der Waals surface area contributed by atoms with Gasteiger partial charge in [0.05, 0.1) is 24.4 Å². The first-order chi connectivity index (χ1) is 17.3. The molecule has 0 bridgehead atoms. The maximum atomic E-state index is 13.0. The van der Waals surface area contributed by atoms with Crippen molar-refractivity contribution in [3.63, 3.8) is 0 Å². The van der Waals surface area contributed by atoms with E-state index in [1.165, 1.54) is 24.3 Å². The van der Waals surface area contributed by atoms with Crippen molar-refractivity contribution in [1.29, 1.82) is 0 Å². The van der Waals surface area contributed by atoms with Crippen molar-refractivity contribution in [2.45, 2.75) is 24.9 Å². The molecule has 3 N–H and O–H groups in total. The minimum Gasteiger partial charge on any atom is -0.543 e. The number of aryl methyl sites for hydroxylation is 1. The number of β-lactam (4-membered cyclic amide) rings is 1. The fraction of sp³-hybridized carbons (Fsp3) is 0.300. The summed E-state index contributed by atoms with van der Waals surface area (Å²) in [6.07, 6.45) is 3.37. The summed E-state index contributed by atoms with van der Waals surface area (Å²) in [7, 11) is 1.27. The number of nitrogens with one attached hydrogen (secondary N) is 1. The van der Waals surface area contributed by atoms with Gasteiger partial charge < -0.3 is 25.8 Å². The van der Waals surface area contributed by atoms with E-state index in [0.29, 0.717) is 22.9 Å². The molecule has 0 aromatic carbocycles. The number of carboxylic acid groups (broad SMARTS) is 1. The number of rotatable bonds is 7. The van der Waals surface area contributed by atoms with Crippen LogP contribution < -0.4 is 20.7 Å². The molecule has 0 saturated carbocycles. The van der Waals surface area contributed by atoms with Crippen LogP contribution in [0.15, 0.2) is 40.3 Å². The molecule has 2 atom stereocenters. The Morgan fingerprint density at radius 2 is 2.22 bits per heavy atom. The molecule has 1 fully saturated rings. The van der Waals surface area contributed by atoms with Gasteiger partial charge in [0.25, 0.3) is 11.8 Å². The number of fused-ring (bicyclic) bond motifs is 2. The lowest BCUT2D eigenvalue weighted by Gasteiger charge is -2.50. The topological polar surface area (TPSA) is 185 Å². The van der Waals surface area contributed by atoms with E-state index < -0.39 is 29.2 Å². The van der Waals surface area contributed by atoms with Crippen LogP contribution in [0.2, 0.25) is 0 Å². The van der Waals surface area contributed by atoms with E-state index >= 15 is 0 Å². The van der Waals surface area contributed by atoms with Gasteiger partial charge in [0.2, 0.25) is 5.82 Å². The van der Waals surface area contributed by atoms with Gasteiger partial charge in [-0.3, -0.25) is 14.5 Å². The molecule has 0 spiro atoms. The number of hydrogen-bond acceptors (Lipinski definition) is 12. The number of anilines is 1. The van der Waals surface area contributed by atoms with Crippen LogP contribution in [0, 0.1) is 6.92 Å². The molecule has 186 valence electrons. The maximum Gasteiger partial charge on any atom is 0.457 e. The summed E-state index contributed by atoms with van der Waals surface area (Å²) < 4.78 is 3.47. The molecule has 2 aliphatic heterocycles. The summed E-state index contributed by atoms with van der Waals surface area (Å²) in [5.41, 5.74) is 5.96. The highest BCUT2D eigenvalue weighted by molar-refractivity contribution is 8.00. The van der Waals surface area contributed by atoms with E-state index in [9.17, 15) is 19.5 Å². The quantitative estimate of drug-likeness (QED) is 0.148. The Kier molecular flexibility index (Phi) is 6.05. The molecule has 0 aliphatic carbocycles. The molecule has 0 radical (unpaired) electrons.